The van der Waals surface area contributed by atoms with Crippen molar-refractivity contribution in [3.8, 4) is 0 Å². The van der Waals surface area contributed by atoms with Gasteiger partial charge in [-0.1, -0.05) is 6.58 Å². The summed E-state index contributed by atoms with van der Waals surface area (Å²) in [5.74, 6) is 0.806. The van der Waals surface area contributed by atoms with Crippen LogP contribution >= 0.6 is 0 Å². The summed E-state index contributed by atoms with van der Waals surface area (Å²) in [4.78, 5) is 0. The monoisotopic (exact) mass is 200 g/mol. The molecule has 1 aliphatic rings. The Bertz CT molecular complexity index is 191. The van der Waals surface area contributed by atoms with Crippen molar-refractivity contribution in [1.82, 2.24) is 0 Å². The zero-order valence-corrected chi connectivity index (χ0v) is 9.29. The lowest BCUT2D eigenvalue weighted by Crippen LogP contribution is -2.36. The highest BCUT2D eigenvalue weighted by molar-refractivity contribution is 4.99. The topological polar surface area (TPSA) is 27.7 Å². The van der Waals surface area contributed by atoms with Crippen LogP contribution in [-0.2, 0) is 14.2 Å². The molecule has 0 saturated carbocycles. The summed E-state index contributed by atoms with van der Waals surface area (Å²) >= 11 is 0. The maximum atomic E-state index is 5.60. The van der Waals surface area contributed by atoms with E-state index in [1.54, 1.807) is 0 Å². The van der Waals surface area contributed by atoms with E-state index >= 15 is 0 Å². The van der Waals surface area contributed by atoms with Crippen LogP contribution in [0.15, 0.2) is 12.3 Å². The van der Waals surface area contributed by atoms with E-state index in [0.717, 1.165) is 12.2 Å². The SMILES string of the molecule is C=C1CC(OCC)C(C(C)OCC)O1. The molecule has 0 radical (unpaired) electrons. The summed E-state index contributed by atoms with van der Waals surface area (Å²) in [5, 5.41) is 0. The van der Waals surface area contributed by atoms with Gasteiger partial charge in [0, 0.05) is 19.6 Å². The van der Waals surface area contributed by atoms with Crippen molar-refractivity contribution < 1.29 is 14.2 Å². The fourth-order valence-corrected chi connectivity index (χ4v) is 1.78. The molecular formula is C11H20O3. The van der Waals surface area contributed by atoms with Gasteiger partial charge in [0.15, 0.2) is 6.10 Å². The second kappa shape index (κ2) is 5.37. The van der Waals surface area contributed by atoms with Crippen LogP contribution in [0.3, 0.4) is 0 Å². The molecule has 0 aromatic heterocycles. The van der Waals surface area contributed by atoms with Gasteiger partial charge in [0.05, 0.1) is 11.9 Å². The van der Waals surface area contributed by atoms with Crippen LogP contribution in [0.5, 0.6) is 0 Å². The van der Waals surface area contributed by atoms with Gasteiger partial charge >= 0.3 is 0 Å². The molecule has 1 heterocycles. The van der Waals surface area contributed by atoms with Crippen LogP contribution in [0.4, 0.5) is 0 Å². The molecule has 1 saturated heterocycles. The van der Waals surface area contributed by atoms with E-state index in [0.29, 0.717) is 13.2 Å². The van der Waals surface area contributed by atoms with Crippen molar-refractivity contribution in [3.63, 3.8) is 0 Å². The minimum atomic E-state index is 0.00222. The molecular weight excluding hydrogens is 180 g/mol. The van der Waals surface area contributed by atoms with Crippen LogP contribution in [0.25, 0.3) is 0 Å². The van der Waals surface area contributed by atoms with Crippen molar-refractivity contribution in [2.24, 2.45) is 0 Å². The molecule has 3 nitrogen and oxygen atoms in total. The fourth-order valence-electron chi connectivity index (χ4n) is 1.78. The van der Waals surface area contributed by atoms with Gasteiger partial charge in [-0.15, -0.1) is 0 Å². The molecule has 3 unspecified atom stereocenters. The lowest BCUT2D eigenvalue weighted by atomic mass is 10.1. The van der Waals surface area contributed by atoms with E-state index in [1.807, 2.05) is 20.8 Å². The average Bonchev–Trinajstić information content (AvgIpc) is 2.48. The summed E-state index contributed by atoms with van der Waals surface area (Å²) in [7, 11) is 0. The molecule has 0 aromatic carbocycles. The lowest BCUT2D eigenvalue weighted by Gasteiger charge is -2.23. The fraction of sp³-hybridized carbons (Fsp3) is 0.818. The van der Waals surface area contributed by atoms with Gasteiger partial charge < -0.3 is 14.2 Å². The Morgan fingerprint density at radius 3 is 2.79 bits per heavy atom. The third-order valence-corrected chi connectivity index (χ3v) is 2.37. The van der Waals surface area contributed by atoms with Gasteiger partial charge in [-0.2, -0.15) is 0 Å². The molecule has 14 heavy (non-hydrogen) atoms. The van der Waals surface area contributed by atoms with Crippen LogP contribution in [0.2, 0.25) is 0 Å². The Hall–Kier alpha value is -0.540. The minimum Gasteiger partial charge on any atom is -0.490 e. The zero-order valence-electron chi connectivity index (χ0n) is 9.29. The largest absolute Gasteiger partial charge is 0.490 e. The third kappa shape index (κ3) is 2.72. The van der Waals surface area contributed by atoms with Gasteiger partial charge in [0.1, 0.15) is 6.10 Å². The molecule has 0 bridgehead atoms. The van der Waals surface area contributed by atoms with E-state index in [-0.39, 0.29) is 18.3 Å². The highest BCUT2D eigenvalue weighted by atomic mass is 16.6. The van der Waals surface area contributed by atoms with Gasteiger partial charge in [-0.25, -0.2) is 0 Å². The molecule has 0 aromatic rings. The Labute approximate surface area is 86.0 Å². The van der Waals surface area contributed by atoms with Crippen molar-refractivity contribution in [1.29, 1.82) is 0 Å². The van der Waals surface area contributed by atoms with Gasteiger partial charge in [0.2, 0.25) is 0 Å². The number of rotatable bonds is 5. The first-order valence-electron chi connectivity index (χ1n) is 5.26. The van der Waals surface area contributed by atoms with E-state index in [2.05, 4.69) is 6.58 Å². The maximum absolute atomic E-state index is 5.60. The summed E-state index contributed by atoms with van der Waals surface area (Å²) in [6.45, 7) is 11.2. The molecule has 1 aliphatic heterocycles. The first kappa shape index (κ1) is 11.5. The van der Waals surface area contributed by atoms with Gasteiger partial charge in [0.25, 0.3) is 0 Å². The summed E-state index contributed by atoms with van der Waals surface area (Å²) in [6, 6.07) is 0. The normalized spacial score (nSPS) is 28.9. The molecule has 0 aliphatic carbocycles. The van der Waals surface area contributed by atoms with Crippen LogP contribution < -0.4 is 0 Å². The van der Waals surface area contributed by atoms with Crippen LogP contribution in [0, 0.1) is 0 Å². The Kier molecular flexibility index (Phi) is 4.42. The Morgan fingerprint density at radius 1 is 1.50 bits per heavy atom. The minimum absolute atomic E-state index is 0.00222. The van der Waals surface area contributed by atoms with Crippen molar-refractivity contribution in [3.05, 3.63) is 12.3 Å². The molecule has 1 rings (SSSR count). The van der Waals surface area contributed by atoms with E-state index in [1.165, 1.54) is 0 Å². The number of ether oxygens (including phenoxy) is 3. The van der Waals surface area contributed by atoms with Crippen LogP contribution in [-0.4, -0.2) is 31.5 Å². The number of hydrogen-bond acceptors (Lipinski definition) is 3. The molecule has 1 fully saturated rings. The third-order valence-electron chi connectivity index (χ3n) is 2.37. The maximum Gasteiger partial charge on any atom is 0.150 e. The zero-order chi connectivity index (χ0) is 10.6. The summed E-state index contributed by atoms with van der Waals surface area (Å²) in [6.07, 6.45) is 0.961. The van der Waals surface area contributed by atoms with Crippen molar-refractivity contribution in [2.75, 3.05) is 13.2 Å². The van der Waals surface area contributed by atoms with Crippen molar-refractivity contribution in [2.45, 2.75) is 45.5 Å². The number of hydrogen-bond donors (Lipinski definition) is 0. The Morgan fingerprint density at radius 2 is 2.21 bits per heavy atom. The predicted octanol–water partition coefficient (Wildman–Crippen LogP) is 2.12. The van der Waals surface area contributed by atoms with Crippen LogP contribution in [0.1, 0.15) is 27.2 Å². The predicted molar refractivity (Wildman–Crippen MR) is 55.1 cm³/mol. The molecule has 82 valence electrons. The Balaban J connectivity index is 2.51. The second-order valence-electron chi connectivity index (χ2n) is 3.48. The van der Waals surface area contributed by atoms with Gasteiger partial charge in [-0.05, 0) is 20.8 Å². The molecule has 3 atom stereocenters. The quantitative estimate of drug-likeness (QED) is 0.680. The first-order chi connectivity index (χ1) is 6.69. The summed E-state index contributed by atoms with van der Waals surface area (Å²) < 4.78 is 16.7. The van der Waals surface area contributed by atoms with E-state index in [9.17, 15) is 0 Å². The lowest BCUT2D eigenvalue weighted by molar-refractivity contribution is -0.0772. The first-order valence-corrected chi connectivity index (χ1v) is 5.26. The smallest absolute Gasteiger partial charge is 0.150 e. The van der Waals surface area contributed by atoms with E-state index < -0.39 is 0 Å². The molecule has 3 heteroatoms. The van der Waals surface area contributed by atoms with Gasteiger partial charge in [-0.3, -0.25) is 0 Å². The van der Waals surface area contributed by atoms with E-state index in [4.69, 9.17) is 14.2 Å². The second-order valence-corrected chi connectivity index (χ2v) is 3.48. The van der Waals surface area contributed by atoms with Crippen molar-refractivity contribution >= 4 is 0 Å². The average molecular weight is 200 g/mol. The highest BCUT2D eigenvalue weighted by Crippen LogP contribution is 2.28. The molecule has 0 amide bonds. The highest BCUT2D eigenvalue weighted by Gasteiger charge is 2.36. The molecule has 0 N–H and O–H groups in total. The standard InChI is InChI=1S/C11H20O3/c1-5-12-9(4)11-10(13-6-2)7-8(3)14-11/h9-11H,3,5-7H2,1-2,4H3. The molecule has 0 spiro atoms. The summed E-state index contributed by atoms with van der Waals surface area (Å²) in [5.41, 5.74) is 0.